The Labute approximate surface area is 118 Å². The number of thiophene rings is 1. The molecule has 0 aromatic carbocycles. The molecule has 3 N–H and O–H groups in total. The lowest BCUT2D eigenvalue weighted by atomic mass is 9.92. The van der Waals surface area contributed by atoms with Gasteiger partial charge in [0.25, 0.3) is 0 Å². The van der Waals surface area contributed by atoms with Crippen molar-refractivity contribution >= 4 is 17.3 Å². The highest BCUT2D eigenvalue weighted by Crippen LogP contribution is 2.24. The number of rotatable bonds is 5. The lowest BCUT2D eigenvalue weighted by Crippen LogP contribution is -2.49. The third kappa shape index (κ3) is 5.72. The van der Waals surface area contributed by atoms with Crippen molar-refractivity contribution in [3.05, 3.63) is 22.4 Å². The van der Waals surface area contributed by atoms with Crippen LogP contribution in [0.5, 0.6) is 0 Å². The molecule has 4 nitrogen and oxygen atoms in total. The largest absolute Gasteiger partial charge is 0.460 e. The van der Waals surface area contributed by atoms with Gasteiger partial charge in [0.1, 0.15) is 11.3 Å². The summed E-state index contributed by atoms with van der Waals surface area (Å²) >= 11 is 1.63. The van der Waals surface area contributed by atoms with E-state index in [2.05, 4.69) is 0 Å². The first-order valence-corrected chi connectivity index (χ1v) is 7.24. The molecule has 0 saturated carbocycles. The van der Waals surface area contributed by atoms with Crippen molar-refractivity contribution in [2.24, 2.45) is 11.7 Å². The van der Waals surface area contributed by atoms with Crippen molar-refractivity contribution in [2.75, 3.05) is 0 Å². The number of carbonyl (C=O) groups excluding carboxylic acids is 1. The smallest absolute Gasteiger partial charge is 0.313 e. The van der Waals surface area contributed by atoms with Gasteiger partial charge in [-0.1, -0.05) is 6.07 Å². The van der Waals surface area contributed by atoms with E-state index in [0.29, 0.717) is 12.8 Å². The Bertz CT molecular complexity index is 401. The van der Waals surface area contributed by atoms with Crippen LogP contribution < -0.4 is 5.73 Å². The van der Waals surface area contributed by atoms with Crippen LogP contribution in [0, 0.1) is 5.92 Å². The standard InChI is InChI=1S/C14H23NO3S/c1-13(2,3)18-12(16)11(14(4,15)17)8-7-10-6-5-9-19-10/h5-6,9,11,17H,7-8,15H2,1-4H3/t11-,14?/m0/s1. The van der Waals surface area contributed by atoms with E-state index in [9.17, 15) is 9.90 Å². The third-order valence-corrected chi connectivity index (χ3v) is 3.59. The zero-order valence-electron chi connectivity index (χ0n) is 12.0. The van der Waals surface area contributed by atoms with Crippen LogP contribution in [-0.2, 0) is 16.0 Å². The second-order valence-electron chi connectivity index (χ2n) is 5.93. The molecule has 108 valence electrons. The maximum atomic E-state index is 12.1. The molecule has 0 bridgehead atoms. The summed E-state index contributed by atoms with van der Waals surface area (Å²) in [4.78, 5) is 13.3. The summed E-state index contributed by atoms with van der Waals surface area (Å²) < 4.78 is 5.32. The molecule has 1 heterocycles. The van der Waals surface area contributed by atoms with E-state index in [4.69, 9.17) is 10.5 Å². The van der Waals surface area contributed by atoms with Crippen molar-refractivity contribution in [3.8, 4) is 0 Å². The molecule has 0 aliphatic rings. The Morgan fingerprint density at radius 2 is 2.11 bits per heavy atom. The highest BCUT2D eigenvalue weighted by molar-refractivity contribution is 7.09. The number of hydrogen-bond donors (Lipinski definition) is 2. The molecule has 1 aromatic heterocycles. The van der Waals surface area contributed by atoms with E-state index < -0.39 is 23.2 Å². The number of aliphatic hydroxyl groups is 1. The molecule has 0 fully saturated rings. The van der Waals surface area contributed by atoms with Gasteiger partial charge < -0.3 is 15.6 Å². The van der Waals surface area contributed by atoms with E-state index in [0.717, 1.165) is 4.88 Å². The Balaban J connectivity index is 2.70. The minimum atomic E-state index is -1.57. The van der Waals surface area contributed by atoms with Crippen molar-refractivity contribution < 1.29 is 14.6 Å². The normalized spacial score (nSPS) is 16.7. The van der Waals surface area contributed by atoms with Crippen LogP contribution in [0.2, 0.25) is 0 Å². The second-order valence-corrected chi connectivity index (χ2v) is 6.96. The average molecular weight is 285 g/mol. The number of esters is 1. The average Bonchev–Trinajstić information content (AvgIpc) is 2.65. The van der Waals surface area contributed by atoms with Crippen molar-refractivity contribution in [3.63, 3.8) is 0 Å². The summed E-state index contributed by atoms with van der Waals surface area (Å²) in [5, 5.41) is 11.9. The van der Waals surface area contributed by atoms with Crippen LogP contribution in [0.1, 0.15) is 39.0 Å². The van der Waals surface area contributed by atoms with Gasteiger partial charge in [-0.05, 0) is 52.0 Å². The minimum Gasteiger partial charge on any atom is -0.460 e. The summed E-state index contributed by atoms with van der Waals surface area (Å²) in [5.41, 5.74) is 3.55. The number of aryl methyl sites for hydroxylation is 1. The first-order valence-electron chi connectivity index (χ1n) is 6.36. The molecule has 0 spiro atoms. The summed E-state index contributed by atoms with van der Waals surface area (Å²) in [6.07, 6.45) is 1.17. The minimum absolute atomic E-state index is 0.448. The van der Waals surface area contributed by atoms with Crippen LogP contribution in [0.3, 0.4) is 0 Å². The topological polar surface area (TPSA) is 72.5 Å². The predicted molar refractivity (Wildman–Crippen MR) is 76.8 cm³/mol. The van der Waals surface area contributed by atoms with Gasteiger partial charge in [0.15, 0.2) is 0 Å². The molecule has 1 rings (SSSR count). The van der Waals surface area contributed by atoms with Crippen molar-refractivity contribution in [1.82, 2.24) is 0 Å². The summed E-state index contributed by atoms with van der Waals surface area (Å²) in [6, 6.07) is 3.96. The Kier molecular flexibility index (Phi) is 5.12. The van der Waals surface area contributed by atoms with Gasteiger partial charge in [-0.25, -0.2) is 0 Å². The van der Waals surface area contributed by atoms with Gasteiger partial charge >= 0.3 is 5.97 Å². The zero-order chi connectivity index (χ0) is 14.7. The maximum absolute atomic E-state index is 12.1. The highest BCUT2D eigenvalue weighted by atomic mass is 32.1. The molecular formula is C14H23NO3S. The number of ether oxygens (including phenoxy) is 1. The van der Waals surface area contributed by atoms with Gasteiger partial charge in [-0.2, -0.15) is 0 Å². The van der Waals surface area contributed by atoms with Gasteiger partial charge in [-0.3, -0.25) is 4.79 Å². The predicted octanol–water partition coefficient (Wildman–Crippen LogP) is 2.31. The molecule has 1 aromatic rings. The molecule has 0 aliphatic heterocycles. The molecule has 0 saturated heterocycles. The van der Waals surface area contributed by atoms with E-state index in [-0.39, 0.29) is 0 Å². The van der Waals surface area contributed by atoms with Crippen molar-refractivity contribution in [2.45, 2.75) is 51.9 Å². The molecule has 2 atom stereocenters. The lowest BCUT2D eigenvalue weighted by molar-refractivity contribution is -0.169. The first-order chi connectivity index (χ1) is 8.59. The molecule has 1 unspecified atom stereocenters. The summed E-state index contributed by atoms with van der Waals surface area (Å²) in [7, 11) is 0. The Hall–Kier alpha value is -0.910. The van der Waals surface area contributed by atoms with Crippen LogP contribution in [-0.4, -0.2) is 22.4 Å². The van der Waals surface area contributed by atoms with Gasteiger partial charge in [0.2, 0.25) is 0 Å². The van der Waals surface area contributed by atoms with Crippen molar-refractivity contribution in [1.29, 1.82) is 0 Å². The molecule has 19 heavy (non-hydrogen) atoms. The Morgan fingerprint density at radius 1 is 1.47 bits per heavy atom. The fourth-order valence-corrected chi connectivity index (χ4v) is 2.49. The molecular weight excluding hydrogens is 262 g/mol. The molecule has 0 radical (unpaired) electrons. The quantitative estimate of drug-likeness (QED) is 0.643. The fraction of sp³-hybridized carbons (Fsp3) is 0.643. The van der Waals surface area contributed by atoms with E-state index in [1.807, 2.05) is 17.5 Å². The Morgan fingerprint density at radius 3 is 2.53 bits per heavy atom. The number of nitrogens with two attached hydrogens (primary N) is 1. The van der Waals surface area contributed by atoms with Gasteiger partial charge in [0.05, 0.1) is 5.92 Å². The van der Waals surface area contributed by atoms with E-state index in [1.54, 1.807) is 32.1 Å². The third-order valence-electron chi connectivity index (χ3n) is 2.66. The molecule has 5 heteroatoms. The monoisotopic (exact) mass is 285 g/mol. The highest BCUT2D eigenvalue weighted by Gasteiger charge is 2.36. The zero-order valence-corrected chi connectivity index (χ0v) is 12.8. The summed E-state index contributed by atoms with van der Waals surface area (Å²) in [6.45, 7) is 6.83. The van der Waals surface area contributed by atoms with Crippen LogP contribution in [0.15, 0.2) is 17.5 Å². The molecule has 0 aliphatic carbocycles. The van der Waals surface area contributed by atoms with E-state index in [1.165, 1.54) is 6.92 Å². The van der Waals surface area contributed by atoms with Crippen LogP contribution in [0.4, 0.5) is 0 Å². The lowest BCUT2D eigenvalue weighted by Gasteiger charge is -2.30. The summed E-state index contributed by atoms with van der Waals surface area (Å²) in [5.74, 6) is -1.18. The maximum Gasteiger partial charge on any atom is 0.313 e. The SMILES string of the molecule is CC(C)(C)OC(=O)[C@H](CCc1cccs1)C(C)(N)O. The first kappa shape index (κ1) is 16.1. The number of hydrogen-bond acceptors (Lipinski definition) is 5. The van der Waals surface area contributed by atoms with Crippen LogP contribution in [0.25, 0.3) is 0 Å². The fourth-order valence-electron chi connectivity index (χ4n) is 1.76. The number of carbonyl (C=O) groups is 1. The van der Waals surface area contributed by atoms with Crippen LogP contribution >= 0.6 is 11.3 Å². The molecule has 0 amide bonds. The van der Waals surface area contributed by atoms with Gasteiger partial charge in [0, 0.05) is 4.88 Å². The van der Waals surface area contributed by atoms with E-state index >= 15 is 0 Å². The van der Waals surface area contributed by atoms with Gasteiger partial charge in [-0.15, -0.1) is 11.3 Å². The second kappa shape index (κ2) is 6.03.